The predicted molar refractivity (Wildman–Crippen MR) is 113 cm³/mol. The van der Waals surface area contributed by atoms with E-state index >= 15 is 0 Å². The van der Waals surface area contributed by atoms with Gasteiger partial charge in [0.2, 0.25) is 0 Å². The summed E-state index contributed by atoms with van der Waals surface area (Å²) in [5, 5.41) is 3.12. The van der Waals surface area contributed by atoms with Gasteiger partial charge < -0.3 is 10.1 Å². The summed E-state index contributed by atoms with van der Waals surface area (Å²) in [6.45, 7) is 5.25. The van der Waals surface area contributed by atoms with Crippen LogP contribution in [0.4, 0.5) is 19.0 Å². The minimum absolute atomic E-state index is 0.00482. The fourth-order valence-corrected chi connectivity index (χ4v) is 4.44. The Hall–Kier alpha value is -2.56. The largest absolute Gasteiger partial charge is 0.433 e. The molecular formula is C21H22F3N5OS. The van der Waals surface area contributed by atoms with Gasteiger partial charge in [0.05, 0.1) is 19.3 Å². The van der Waals surface area contributed by atoms with Crippen LogP contribution in [0.1, 0.15) is 21.5 Å². The molecule has 1 aliphatic rings. The van der Waals surface area contributed by atoms with Crippen molar-refractivity contribution in [1.82, 2.24) is 19.9 Å². The maximum absolute atomic E-state index is 13.5. The fraction of sp³-hybridized carbons (Fsp3) is 0.381. The Morgan fingerprint density at radius 1 is 1.16 bits per heavy atom. The number of pyridine rings is 1. The Kier molecular flexibility index (Phi) is 6.49. The van der Waals surface area contributed by atoms with E-state index in [-0.39, 0.29) is 23.4 Å². The average molecular weight is 450 g/mol. The summed E-state index contributed by atoms with van der Waals surface area (Å²) < 4.78 is 45.8. The van der Waals surface area contributed by atoms with Crippen LogP contribution in [0.25, 0.3) is 11.5 Å². The Bertz CT molecular complexity index is 1010. The molecule has 1 aliphatic heterocycles. The van der Waals surface area contributed by atoms with Gasteiger partial charge in [0.25, 0.3) is 0 Å². The summed E-state index contributed by atoms with van der Waals surface area (Å²) in [6.07, 6.45) is -3.09. The number of aromatic nitrogens is 3. The van der Waals surface area contributed by atoms with E-state index < -0.39 is 11.9 Å². The smallest absolute Gasteiger partial charge is 0.379 e. The number of thiophene rings is 1. The van der Waals surface area contributed by atoms with Crippen LogP contribution in [0, 0.1) is 6.92 Å². The highest BCUT2D eigenvalue weighted by Gasteiger charge is 2.34. The number of rotatable bonds is 6. The summed E-state index contributed by atoms with van der Waals surface area (Å²) in [6, 6.07) is 10.0. The molecule has 164 valence electrons. The molecule has 0 radical (unpaired) electrons. The molecule has 1 N–H and O–H groups in total. The number of alkyl halides is 3. The number of morpholine rings is 1. The molecule has 0 aliphatic carbocycles. The third kappa shape index (κ3) is 5.38. The number of anilines is 1. The molecule has 0 spiro atoms. The van der Waals surface area contributed by atoms with Crippen molar-refractivity contribution in [1.29, 1.82) is 0 Å². The van der Waals surface area contributed by atoms with Gasteiger partial charge in [-0.1, -0.05) is 6.07 Å². The molecule has 10 heteroatoms. The molecule has 3 aromatic heterocycles. The average Bonchev–Trinajstić information content (AvgIpc) is 3.20. The highest BCUT2D eigenvalue weighted by atomic mass is 32.1. The number of halogens is 3. The van der Waals surface area contributed by atoms with Gasteiger partial charge in [-0.15, -0.1) is 11.3 Å². The van der Waals surface area contributed by atoms with Crippen molar-refractivity contribution in [3.63, 3.8) is 0 Å². The lowest BCUT2D eigenvalue weighted by molar-refractivity contribution is -0.141. The fourth-order valence-electron chi connectivity index (χ4n) is 3.43. The standard InChI is InChI=1S/C21H22F3N5OS/c1-14-5-6-17(31-14)16(29-8-10-30-11-9-29)13-26-19-12-18(21(22,23)24)27-20(28-19)15-4-2-3-7-25-15/h2-7,12,16H,8-11,13H2,1H3,(H,26,27,28). The van der Waals surface area contributed by atoms with Crippen molar-refractivity contribution in [2.45, 2.75) is 19.1 Å². The Morgan fingerprint density at radius 2 is 1.97 bits per heavy atom. The maximum Gasteiger partial charge on any atom is 0.433 e. The molecule has 3 aromatic rings. The lowest BCUT2D eigenvalue weighted by atomic mass is 10.2. The minimum Gasteiger partial charge on any atom is -0.379 e. The van der Waals surface area contributed by atoms with Crippen molar-refractivity contribution in [2.75, 3.05) is 38.2 Å². The molecule has 0 amide bonds. The minimum atomic E-state index is -4.59. The number of ether oxygens (including phenoxy) is 1. The maximum atomic E-state index is 13.5. The van der Waals surface area contributed by atoms with E-state index in [1.165, 1.54) is 11.1 Å². The first-order valence-electron chi connectivity index (χ1n) is 9.90. The van der Waals surface area contributed by atoms with Gasteiger partial charge >= 0.3 is 6.18 Å². The molecule has 6 nitrogen and oxygen atoms in total. The van der Waals surface area contributed by atoms with E-state index in [4.69, 9.17) is 4.74 Å². The lowest BCUT2D eigenvalue weighted by Crippen LogP contribution is -2.41. The number of hydrogen-bond acceptors (Lipinski definition) is 7. The summed E-state index contributed by atoms with van der Waals surface area (Å²) >= 11 is 1.69. The molecule has 31 heavy (non-hydrogen) atoms. The van der Waals surface area contributed by atoms with Crippen LogP contribution in [-0.2, 0) is 10.9 Å². The van der Waals surface area contributed by atoms with Crippen LogP contribution >= 0.6 is 11.3 Å². The van der Waals surface area contributed by atoms with Crippen molar-refractivity contribution < 1.29 is 17.9 Å². The summed E-state index contributed by atoms with van der Waals surface area (Å²) in [5.74, 6) is 0.0577. The Labute approximate surface area is 182 Å². The third-order valence-electron chi connectivity index (χ3n) is 4.96. The number of aryl methyl sites for hydroxylation is 1. The van der Waals surface area contributed by atoms with E-state index in [0.717, 1.165) is 24.0 Å². The molecule has 4 heterocycles. The van der Waals surface area contributed by atoms with Gasteiger partial charge in [-0.2, -0.15) is 13.2 Å². The summed E-state index contributed by atoms with van der Waals surface area (Å²) in [7, 11) is 0. The zero-order valence-electron chi connectivity index (χ0n) is 16.9. The lowest BCUT2D eigenvalue weighted by Gasteiger charge is -2.34. The molecule has 0 aromatic carbocycles. The van der Waals surface area contributed by atoms with E-state index in [1.807, 2.05) is 6.92 Å². The highest BCUT2D eigenvalue weighted by molar-refractivity contribution is 7.12. The second-order valence-electron chi connectivity index (χ2n) is 7.17. The van der Waals surface area contributed by atoms with Crippen LogP contribution in [0.3, 0.4) is 0 Å². The van der Waals surface area contributed by atoms with Crippen LogP contribution < -0.4 is 5.32 Å². The molecular weight excluding hydrogens is 427 g/mol. The number of nitrogens with zero attached hydrogens (tertiary/aromatic N) is 4. The van der Waals surface area contributed by atoms with E-state index in [1.54, 1.807) is 29.5 Å². The molecule has 0 bridgehead atoms. The molecule has 0 saturated carbocycles. The first-order chi connectivity index (χ1) is 14.9. The zero-order chi connectivity index (χ0) is 21.8. The zero-order valence-corrected chi connectivity index (χ0v) is 17.7. The molecule has 1 atom stereocenters. The first-order valence-corrected chi connectivity index (χ1v) is 10.7. The molecule has 4 rings (SSSR count). The molecule has 1 fully saturated rings. The van der Waals surface area contributed by atoms with Gasteiger partial charge in [-0.25, -0.2) is 9.97 Å². The summed E-state index contributed by atoms with van der Waals surface area (Å²) in [4.78, 5) is 16.7. The third-order valence-corrected chi connectivity index (χ3v) is 6.07. The molecule has 1 saturated heterocycles. The normalized spacial score (nSPS) is 16.3. The van der Waals surface area contributed by atoms with Crippen LogP contribution in [-0.4, -0.2) is 52.7 Å². The van der Waals surface area contributed by atoms with Gasteiger partial charge in [0, 0.05) is 41.7 Å². The predicted octanol–water partition coefficient (Wildman–Crippen LogP) is 4.41. The molecule has 1 unspecified atom stereocenters. The van der Waals surface area contributed by atoms with E-state index in [2.05, 4.69) is 37.3 Å². The first kappa shape index (κ1) is 21.7. The topological polar surface area (TPSA) is 63.2 Å². The van der Waals surface area contributed by atoms with Crippen molar-refractivity contribution in [3.05, 3.63) is 58.0 Å². The van der Waals surface area contributed by atoms with E-state index in [9.17, 15) is 13.2 Å². The second-order valence-corrected chi connectivity index (χ2v) is 8.49. The van der Waals surface area contributed by atoms with Crippen molar-refractivity contribution in [3.8, 4) is 11.5 Å². The van der Waals surface area contributed by atoms with Crippen LogP contribution in [0.15, 0.2) is 42.6 Å². The van der Waals surface area contributed by atoms with Crippen LogP contribution in [0.2, 0.25) is 0 Å². The van der Waals surface area contributed by atoms with Gasteiger partial charge in [-0.3, -0.25) is 9.88 Å². The SMILES string of the molecule is Cc1ccc(C(CNc2cc(C(F)(F)F)nc(-c3ccccn3)n2)N2CCOCC2)s1. The highest BCUT2D eigenvalue weighted by Crippen LogP contribution is 2.32. The van der Waals surface area contributed by atoms with Crippen LogP contribution in [0.5, 0.6) is 0 Å². The van der Waals surface area contributed by atoms with Gasteiger partial charge in [0.15, 0.2) is 11.5 Å². The van der Waals surface area contributed by atoms with Crippen molar-refractivity contribution >= 4 is 17.2 Å². The van der Waals surface area contributed by atoms with E-state index in [0.29, 0.717) is 19.8 Å². The van der Waals surface area contributed by atoms with Gasteiger partial charge in [-0.05, 0) is 31.2 Å². The number of hydrogen-bond donors (Lipinski definition) is 1. The quantitative estimate of drug-likeness (QED) is 0.601. The number of nitrogens with one attached hydrogen (secondary N) is 1. The Morgan fingerprint density at radius 3 is 2.61 bits per heavy atom. The van der Waals surface area contributed by atoms with Gasteiger partial charge in [0.1, 0.15) is 11.5 Å². The Balaban J connectivity index is 1.62. The van der Waals surface area contributed by atoms with Crippen molar-refractivity contribution in [2.24, 2.45) is 0 Å². The second kappa shape index (κ2) is 9.29. The summed E-state index contributed by atoms with van der Waals surface area (Å²) in [5.41, 5.74) is -0.712. The monoisotopic (exact) mass is 449 g/mol.